The lowest BCUT2D eigenvalue weighted by molar-refractivity contribution is 1.21. The summed E-state index contributed by atoms with van der Waals surface area (Å²) in [4.78, 5) is 17.9. The van der Waals surface area contributed by atoms with Gasteiger partial charge in [0.15, 0.2) is 10.9 Å². The number of thiazole rings is 1. The predicted octanol–water partition coefficient (Wildman–Crippen LogP) is 4.09. The van der Waals surface area contributed by atoms with Crippen LogP contribution in [0.15, 0.2) is 42.0 Å². The maximum absolute atomic E-state index is 5.69. The molecule has 6 nitrogen and oxygen atoms in total. The first kappa shape index (κ1) is 15.5. The molecule has 0 fully saturated rings. The van der Waals surface area contributed by atoms with Gasteiger partial charge in [-0.3, -0.25) is 0 Å². The van der Waals surface area contributed by atoms with Crippen LogP contribution in [0, 0.1) is 13.8 Å². The number of nitrogens with zero attached hydrogens (tertiary/aromatic N) is 4. The molecule has 0 aliphatic heterocycles. The fourth-order valence-electron chi connectivity index (χ4n) is 2.61. The van der Waals surface area contributed by atoms with Crippen LogP contribution in [0.1, 0.15) is 11.4 Å². The van der Waals surface area contributed by atoms with Crippen molar-refractivity contribution in [3.05, 3.63) is 53.4 Å². The molecule has 4 rings (SSSR count). The molecule has 3 N–H and O–H groups in total. The Morgan fingerprint density at radius 3 is 2.56 bits per heavy atom. The molecular weight excluding hydrogens is 332 g/mol. The van der Waals surface area contributed by atoms with Gasteiger partial charge in [-0.25, -0.2) is 19.9 Å². The maximum Gasteiger partial charge on any atom is 0.188 e. The van der Waals surface area contributed by atoms with Crippen molar-refractivity contribution >= 4 is 39.0 Å². The summed E-state index contributed by atoms with van der Waals surface area (Å²) in [5.41, 5.74) is 10.3. The van der Waals surface area contributed by atoms with E-state index in [0.717, 1.165) is 38.5 Å². The molecule has 0 spiro atoms. The minimum Gasteiger partial charge on any atom is -0.384 e. The molecule has 0 unspecified atom stereocenters. The van der Waals surface area contributed by atoms with Crippen LogP contribution in [0.5, 0.6) is 0 Å². The molecule has 4 heterocycles. The van der Waals surface area contributed by atoms with Gasteiger partial charge in [-0.05, 0) is 32.0 Å². The molecule has 0 amide bonds. The van der Waals surface area contributed by atoms with Crippen molar-refractivity contribution in [3.8, 4) is 11.1 Å². The number of aryl methyl sites for hydroxylation is 2. The number of nitrogen functional groups attached to an aromatic ring is 1. The zero-order valence-corrected chi connectivity index (χ0v) is 14.6. The molecular formula is C18H16N6S. The van der Waals surface area contributed by atoms with Gasteiger partial charge in [-0.2, -0.15) is 0 Å². The van der Waals surface area contributed by atoms with Gasteiger partial charge in [0.25, 0.3) is 0 Å². The summed E-state index contributed by atoms with van der Waals surface area (Å²) in [6, 6.07) is 7.78. The minimum absolute atomic E-state index is 0.493. The van der Waals surface area contributed by atoms with Crippen LogP contribution >= 0.6 is 11.3 Å². The van der Waals surface area contributed by atoms with Crippen LogP contribution in [0.4, 0.5) is 16.8 Å². The predicted molar refractivity (Wildman–Crippen MR) is 102 cm³/mol. The lowest BCUT2D eigenvalue weighted by Gasteiger charge is -2.11. The molecule has 0 bridgehead atoms. The third kappa shape index (κ3) is 3.01. The Kier molecular flexibility index (Phi) is 3.77. The van der Waals surface area contributed by atoms with Crippen LogP contribution in [0.3, 0.4) is 0 Å². The van der Waals surface area contributed by atoms with Crippen molar-refractivity contribution in [2.24, 2.45) is 0 Å². The van der Waals surface area contributed by atoms with Gasteiger partial charge in [0, 0.05) is 40.0 Å². The summed E-state index contributed by atoms with van der Waals surface area (Å²) < 4.78 is 0. The maximum atomic E-state index is 5.69. The minimum atomic E-state index is 0.493. The molecule has 4 aromatic rings. The van der Waals surface area contributed by atoms with Gasteiger partial charge in [-0.15, -0.1) is 11.3 Å². The van der Waals surface area contributed by atoms with Gasteiger partial charge < -0.3 is 11.1 Å². The van der Waals surface area contributed by atoms with Gasteiger partial charge in [0.05, 0.1) is 5.69 Å². The number of rotatable bonds is 3. The first-order valence-corrected chi connectivity index (χ1v) is 8.65. The summed E-state index contributed by atoms with van der Waals surface area (Å²) >= 11 is 1.55. The van der Waals surface area contributed by atoms with E-state index < -0.39 is 0 Å². The van der Waals surface area contributed by atoms with Gasteiger partial charge in [0.2, 0.25) is 0 Å². The first-order valence-electron chi connectivity index (χ1n) is 7.77. The van der Waals surface area contributed by atoms with Crippen LogP contribution in [0.2, 0.25) is 0 Å². The Bertz CT molecular complexity index is 1060. The number of nitrogens with one attached hydrogen (secondary N) is 1. The highest BCUT2D eigenvalue weighted by Gasteiger charge is 2.12. The molecule has 25 heavy (non-hydrogen) atoms. The van der Waals surface area contributed by atoms with Crippen LogP contribution in [-0.4, -0.2) is 19.9 Å². The zero-order chi connectivity index (χ0) is 17.4. The average Bonchev–Trinajstić information content (AvgIpc) is 3.01. The van der Waals surface area contributed by atoms with E-state index >= 15 is 0 Å². The van der Waals surface area contributed by atoms with Crippen molar-refractivity contribution in [1.29, 1.82) is 0 Å². The van der Waals surface area contributed by atoms with E-state index in [1.807, 2.05) is 37.6 Å². The van der Waals surface area contributed by atoms with E-state index in [4.69, 9.17) is 5.73 Å². The van der Waals surface area contributed by atoms with Crippen molar-refractivity contribution < 1.29 is 0 Å². The second-order valence-electron chi connectivity index (χ2n) is 5.76. The molecule has 0 saturated carbocycles. The summed E-state index contributed by atoms with van der Waals surface area (Å²) in [6.07, 6.45) is 3.58. The number of fused-ring (bicyclic) bond motifs is 1. The lowest BCUT2D eigenvalue weighted by Crippen LogP contribution is -1.98. The fraction of sp³-hybridized carbons (Fsp3) is 0.111. The fourth-order valence-corrected chi connectivity index (χ4v) is 3.30. The Morgan fingerprint density at radius 1 is 0.960 bits per heavy atom. The second-order valence-corrected chi connectivity index (χ2v) is 6.62. The van der Waals surface area contributed by atoms with E-state index in [2.05, 4.69) is 31.3 Å². The van der Waals surface area contributed by atoms with Crippen molar-refractivity contribution in [2.75, 3.05) is 11.1 Å². The number of pyridine rings is 3. The zero-order valence-electron chi connectivity index (χ0n) is 13.8. The third-order valence-electron chi connectivity index (χ3n) is 3.81. The largest absolute Gasteiger partial charge is 0.384 e. The highest BCUT2D eigenvalue weighted by atomic mass is 32.1. The van der Waals surface area contributed by atoms with Crippen LogP contribution in [0.25, 0.3) is 22.0 Å². The Labute approximate surface area is 148 Å². The summed E-state index contributed by atoms with van der Waals surface area (Å²) in [7, 11) is 0. The number of nitrogens with two attached hydrogens (primary N) is 1. The lowest BCUT2D eigenvalue weighted by atomic mass is 10.0. The standard InChI is InChI=1S/C18H16N6S/c1-10-3-5-13-14(12-4-6-15(19)20-7-12)8-21-17(16(13)22-10)24-18-23-11(2)9-25-18/h3-9H,1-2H3,(H2,19,20)(H,21,23,24). The van der Waals surface area contributed by atoms with E-state index in [-0.39, 0.29) is 0 Å². The normalized spacial score (nSPS) is 11.0. The topological polar surface area (TPSA) is 89.6 Å². The van der Waals surface area contributed by atoms with Gasteiger partial charge in [0.1, 0.15) is 11.3 Å². The number of hydrogen-bond donors (Lipinski definition) is 2. The monoisotopic (exact) mass is 348 g/mol. The number of aromatic nitrogens is 4. The quantitative estimate of drug-likeness (QED) is 0.579. The molecule has 0 aromatic carbocycles. The second kappa shape index (κ2) is 6.10. The number of hydrogen-bond acceptors (Lipinski definition) is 7. The highest BCUT2D eigenvalue weighted by Crippen LogP contribution is 2.32. The molecule has 4 aromatic heterocycles. The SMILES string of the molecule is Cc1csc(Nc2ncc(-c3ccc(N)nc3)c3ccc(C)nc23)n1. The number of anilines is 3. The van der Waals surface area contributed by atoms with E-state index in [1.165, 1.54) is 0 Å². The van der Waals surface area contributed by atoms with Crippen LogP contribution < -0.4 is 11.1 Å². The molecule has 124 valence electrons. The van der Waals surface area contributed by atoms with Crippen LogP contribution in [-0.2, 0) is 0 Å². The van der Waals surface area contributed by atoms with Crippen molar-refractivity contribution in [3.63, 3.8) is 0 Å². The molecule has 7 heteroatoms. The summed E-state index contributed by atoms with van der Waals surface area (Å²) in [6.45, 7) is 3.93. The van der Waals surface area contributed by atoms with E-state index in [0.29, 0.717) is 11.6 Å². The highest BCUT2D eigenvalue weighted by molar-refractivity contribution is 7.13. The van der Waals surface area contributed by atoms with Gasteiger partial charge >= 0.3 is 0 Å². The van der Waals surface area contributed by atoms with Gasteiger partial charge in [-0.1, -0.05) is 6.07 Å². The first-order chi connectivity index (χ1) is 12.1. The van der Waals surface area contributed by atoms with Crippen molar-refractivity contribution in [1.82, 2.24) is 19.9 Å². The molecule has 0 radical (unpaired) electrons. The Hall–Kier alpha value is -3.06. The van der Waals surface area contributed by atoms with E-state index in [9.17, 15) is 0 Å². The van der Waals surface area contributed by atoms with Crippen molar-refractivity contribution in [2.45, 2.75) is 13.8 Å². The molecule has 0 atom stereocenters. The smallest absolute Gasteiger partial charge is 0.188 e. The summed E-state index contributed by atoms with van der Waals surface area (Å²) in [5.74, 6) is 1.19. The molecule has 0 aliphatic rings. The molecule has 0 saturated heterocycles. The Balaban J connectivity index is 1.87. The third-order valence-corrected chi connectivity index (χ3v) is 4.69. The Morgan fingerprint density at radius 2 is 1.84 bits per heavy atom. The summed E-state index contributed by atoms with van der Waals surface area (Å²) in [5, 5.41) is 7.08. The average molecular weight is 348 g/mol. The molecule has 0 aliphatic carbocycles. The van der Waals surface area contributed by atoms with E-state index in [1.54, 1.807) is 23.6 Å².